The summed E-state index contributed by atoms with van der Waals surface area (Å²) in [5.74, 6) is 0.765. The average molecular weight is 281 g/mol. The Labute approximate surface area is 121 Å². The highest BCUT2D eigenvalue weighted by atomic mass is 16.2. The van der Waals surface area contributed by atoms with Crippen molar-refractivity contribution in [3.05, 3.63) is 43.0 Å². The Morgan fingerprint density at radius 3 is 3.19 bits per heavy atom. The quantitative estimate of drug-likeness (QED) is 0.842. The number of aromatic nitrogens is 3. The van der Waals surface area contributed by atoms with Gasteiger partial charge in [0.05, 0.1) is 17.5 Å². The van der Waals surface area contributed by atoms with Gasteiger partial charge < -0.3 is 15.2 Å². The van der Waals surface area contributed by atoms with E-state index < -0.39 is 0 Å². The van der Waals surface area contributed by atoms with Crippen molar-refractivity contribution in [1.82, 2.24) is 19.9 Å². The van der Waals surface area contributed by atoms with E-state index in [4.69, 9.17) is 0 Å². The molecule has 1 fully saturated rings. The first-order valence-electron chi connectivity index (χ1n) is 6.95. The van der Waals surface area contributed by atoms with Crippen LogP contribution in [0.2, 0.25) is 0 Å². The Bertz CT molecular complexity index is 762. The van der Waals surface area contributed by atoms with Crippen molar-refractivity contribution >= 4 is 22.8 Å². The van der Waals surface area contributed by atoms with Crippen LogP contribution in [0.15, 0.2) is 43.0 Å². The maximum Gasteiger partial charge on any atom is 0.250 e. The van der Waals surface area contributed by atoms with Crippen LogP contribution in [-0.4, -0.2) is 37.8 Å². The number of nitrogens with one attached hydrogen (secondary N) is 2. The molecule has 2 aliphatic rings. The lowest BCUT2D eigenvalue weighted by atomic mass is 10.1. The highest BCUT2D eigenvalue weighted by Crippen LogP contribution is 2.38. The van der Waals surface area contributed by atoms with Crippen molar-refractivity contribution in [2.75, 3.05) is 5.32 Å². The number of H-pyrrole nitrogens is 1. The highest BCUT2D eigenvalue weighted by Gasteiger charge is 2.41. The van der Waals surface area contributed by atoms with Crippen LogP contribution in [-0.2, 0) is 4.79 Å². The van der Waals surface area contributed by atoms with Crippen LogP contribution in [0.25, 0.3) is 11.0 Å². The molecule has 4 rings (SSSR count). The maximum absolute atomic E-state index is 11.9. The van der Waals surface area contributed by atoms with Gasteiger partial charge in [0.1, 0.15) is 17.8 Å². The van der Waals surface area contributed by atoms with Gasteiger partial charge in [0, 0.05) is 12.4 Å². The van der Waals surface area contributed by atoms with Gasteiger partial charge in [-0.3, -0.25) is 4.79 Å². The van der Waals surface area contributed by atoms with Crippen LogP contribution in [0.5, 0.6) is 0 Å². The fourth-order valence-electron chi connectivity index (χ4n) is 3.25. The minimum absolute atomic E-state index is 0.0454. The molecule has 1 aliphatic heterocycles. The van der Waals surface area contributed by atoms with E-state index in [1.165, 1.54) is 11.6 Å². The fourth-order valence-corrected chi connectivity index (χ4v) is 3.25. The van der Waals surface area contributed by atoms with Gasteiger partial charge in [0.15, 0.2) is 0 Å². The minimum Gasteiger partial charge on any atom is -0.364 e. The number of rotatable bonds is 3. The number of carbonyl (C=O) groups excluding carboxylic acids is 1. The van der Waals surface area contributed by atoms with Crippen LogP contribution >= 0.6 is 0 Å². The summed E-state index contributed by atoms with van der Waals surface area (Å²) in [5, 5.41) is 4.44. The summed E-state index contributed by atoms with van der Waals surface area (Å²) < 4.78 is 0. The predicted molar refractivity (Wildman–Crippen MR) is 79.4 cm³/mol. The number of nitrogens with zero attached hydrogens (tertiary/aromatic N) is 3. The number of amides is 1. The van der Waals surface area contributed by atoms with Gasteiger partial charge in [-0.15, -0.1) is 0 Å². The van der Waals surface area contributed by atoms with Crippen LogP contribution < -0.4 is 5.32 Å². The zero-order valence-corrected chi connectivity index (χ0v) is 11.4. The molecule has 1 saturated carbocycles. The normalized spacial score (nSPS) is 23.4. The molecule has 3 heterocycles. The number of carbonyl (C=O) groups is 1. The van der Waals surface area contributed by atoms with E-state index in [-0.39, 0.29) is 18.0 Å². The van der Waals surface area contributed by atoms with E-state index >= 15 is 0 Å². The van der Waals surface area contributed by atoms with Gasteiger partial charge in [-0.1, -0.05) is 6.58 Å². The van der Waals surface area contributed by atoms with E-state index in [1.807, 2.05) is 18.5 Å². The number of hydrogen-bond donors (Lipinski definition) is 2. The first kappa shape index (κ1) is 12.1. The monoisotopic (exact) mass is 281 g/mol. The molecule has 6 heteroatoms. The largest absolute Gasteiger partial charge is 0.364 e. The van der Waals surface area contributed by atoms with Gasteiger partial charge in [0.25, 0.3) is 0 Å². The Morgan fingerprint density at radius 2 is 2.38 bits per heavy atom. The van der Waals surface area contributed by atoms with Gasteiger partial charge >= 0.3 is 0 Å². The lowest BCUT2D eigenvalue weighted by Gasteiger charge is -2.30. The molecule has 106 valence electrons. The van der Waals surface area contributed by atoms with Gasteiger partial charge in [-0.2, -0.15) is 0 Å². The van der Waals surface area contributed by atoms with Gasteiger partial charge in [-0.05, 0) is 30.6 Å². The van der Waals surface area contributed by atoms with Crippen molar-refractivity contribution in [1.29, 1.82) is 0 Å². The summed E-state index contributed by atoms with van der Waals surface area (Å²) in [6, 6.07) is 2.29. The maximum atomic E-state index is 11.9. The average Bonchev–Trinajstić information content (AvgIpc) is 3.20. The summed E-state index contributed by atoms with van der Waals surface area (Å²) >= 11 is 0. The molecule has 1 amide bonds. The lowest BCUT2D eigenvalue weighted by molar-refractivity contribution is -0.125. The molecular weight excluding hydrogens is 266 g/mol. The number of hydrogen-bond acceptors (Lipinski definition) is 4. The number of anilines is 1. The lowest BCUT2D eigenvalue weighted by Crippen LogP contribution is -2.43. The molecule has 21 heavy (non-hydrogen) atoms. The van der Waals surface area contributed by atoms with E-state index in [9.17, 15) is 4.79 Å². The van der Waals surface area contributed by atoms with Crippen molar-refractivity contribution in [2.24, 2.45) is 0 Å². The molecule has 0 aromatic carbocycles. The first-order valence-corrected chi connectivity index (χ1v) is 6.95. The van der Waals surface area contributed by atoms with Crippen LogP contribution in [0.3, 0.4) is 0 Å². The third-order valence-corrected chi connectivity index (χ3v) is 4.20. The molecule has 2 atom stereocenters. The molecule has 2 bridgehead atoms. The third kappa shape index (κ3) is 1.83. The molecule has 0 radical (unpaired) electrons. The topological polar surface area (TPSA) is 73.9 Å². The second-order valence-corrected chi connectivity index (χ2v) is 5.43. The summed E-state index contributed by atoms with van der Waals surface area (Å²) in [4.78, 5) is 25.2. The zero-order chi connectivity index (χ0) is 14.4. The van der Waals surface area contributed by atoms with Gasteiger partial charge in [-0.25, -0.2) is 9.97 Å². The molecule has 1 aliphatic carbocycles. The Hall–Kier alpha value is -2.63. The summed E-state index contributed by atoms with van der Waals surface area (Å²) in [7, 11) is 0. The van der Waals surface area contributed by atoms with E-state index in [0.29, 0.717) is 0 Å². The molecule has 0 saturated heterocycles. The van der Waals surface area contributed by atoms with E-state index in [0.717, 1.165) is 29.7 Å². The van der Waals surface area contributed by atoms with Crippen molar-refractivity contribution in [2.45, 2.75) is 24.9 Å². The molecular formula is C15H15N5O. The Balaban J connectivity index is 1.62. The SMILES string of the molecule is C=CC(=O)N1C=C2CC(Nc3ncnc4[nH]ccc34)C1C2. The van der Waals surface area contributed by atoms with Crippen molar-refractivity contribution in [3.8, 4) is 0 Å². The number of aromatic amines is 1. The minimum atomic E-state index is -0.0454. The first-order chi connectivity index (χ1) is 10.3. The van der Waals surface area contributed by atoms with E-state index in [1.54, 1.807) is 11.2 Å². The zero-order valence-electron chi connectivity index (χ0n) is 11.4. The number of fused-ring (bicyclic) bond motifs is 3. The molecule has 0 spiro atoms. The van der Waals surface area contributed by atoms with Crippen LogP contribution in [0.1, 0.15) is 12.8 Å². The molecule has 2 aromatic rings. The van der Waals surface area contributed by atoms with Crippen molar-refractivity contribution < 1.29 is 4.79 Å². The molecule has 2 unspecified atom stereocenters. The molecule has 6 nitrogen and oxygen atoms in total. The second-order valence-electron chi connectivity index (χ2n) is 5.43. The third-order valence-electron chi connectivity index (χ3n) is 4.20. The smallest absolute Gasteiger partial charge is 0.250 e. The molecule has 2 aromatic heterocycles. The van der Waals surface area contributed by atoms with Crippen LogP contribution in [0, 0.1) is 0 Å². The Morgan fingerprint density at radius 1 is 1.48 bits per heavy atom. The molecule has 2 N–H and O–H groups in total. The fraction of sp³-hybridized carbons (Fsp3) is 0.267. The van der Waals surface area contributed by atoms with Gasteiger partial charge in [0.2, 0.25) is 5.91 Å². The summed E-state index contributed by atoms with van der Waals surface area (Å²) in [5.41, 5.74) is 2.11. The van der Waals surface area contributed by atoms with Crippen LogP contribution in [0.4, 0.5) is 5.82 Å². The summed E-state index contributed by atoms with van der Waals surface area (Å²) in [6.45, 7) is 3.57. The summed E-state index contributed by atoms with van der Waals surface area (Å²) in [6.07, 6.45) is 8.59. The second kappa shape index (κ2) is 4.44. The highest BCUT2D eigenvalue weighted by molar-refractivity contribution is 5.89. The standard InChI is InChI=1S/C15H15N5O/c1-2-13(21)20-7-9-5-11(12(20)6-9)19-15-10-3-4-16-14(10)17-8-18-15/h2-4,7-8,11-12H,1,5-6H2,(H2,16,17,18,19). The predicted octanol–water partition coefficient (Wildman–Crippen LogP) is 1.81. The van der Waals surface area contributed by atoms with E-state index in [2.05, 4.69) is 26.8 Å². The van der Waals surface area contributed by atoms with Crippen molar-refractivity contribution in [3.63, 3.8) is 0 Å². The Kier molecular flexibility index (Phi) is 2.57.